The first kappa shape index (κ1) is 25.7. The molecule has 1 amide bonds. The molecule has 196 valence electrons. The average Bonchev–Trinajstić information content (AvgIpc) is 2.92. The first-order valence-corrected chi connectivity index (χ1v) is 11.9. The van der Waals surface area contributed by atoms with Crippen molar-refractivity contribution >= 4 is 22.6 Å². The molecule has 0 unspecified atom stereocenters. The molecule has 0 aliphatic rings. The lowest BCUT2D eigenvalue weighted by Crippen LogP contribution is -2.26. The number of nitrogens with one attached hydrogen (secondary N) is 1. The summed E-state index contributed by atoms with van der Waals surface area (Å²) < 4.78 is 35.6. The Morgan fingerprint density at radius 3 is 2.54 bits per heavy atom. The number of anilines is 1. The second kappa shape index (κ2) is 10.4. The van der Waals surface area contributed by atoms with E-state index in [9.17, 15) is 23.5 Å². The van der Waals surface area contributed by atoms with Gasteiger partial charge in [0.1, 0.15) is 16.9 Å². The van der Waals surface area contributed by atoms with Gasteiger partial charge in [0.05, 0.1) is 23.4 Å². The van der Waals surface area contributed by atoms with E-state index in [1.807, 2.05) is 13.0 Å². The number of rotatable bonds is 6. The summed E-state index contributed by atoms with van der Waals surface area (Å²) in [7, 11) is 1.57. The molecule has 2 N–H and O–H groups in total. The van der Waals surface area contributed by atoms with Crippen molar-refractivity contribution in [1.29, 1.82) is 0 Å². The Bertz CT molecular complexity index is 1790. The van der Waals surface area contributed by atoms with Crippen molar-refractivity contribution in [3.8, 4) is 22.6 Å². The molecule has 0 saturated carbocycles. The van der Waals surface area contributed by atoms with Crippen LogP contribution in [0.15, 0.2) is 77.9 Å². The van der Waals surface area contributed by atoms with E-state index >= 15 is 0 Å². The number of benzene rings is 2. The Kier molecular flexibility index (Phi) is 6.86. The Hall–Kier alpha value is -4.96. The van der Waals surface area contributed by atoms with Crippen LogP contribution in [0.5, 0.6) is 11.5 Å². The lowest BCUT2D eigenvalue weighted by atomic mass is 10.0. The van der Waals surface area contributed by atoms with Crippen molar-refractivity contribution in [2.45, 2.75) is 13.5 Å². The highest BCUT2D eigenvalue weighted by atomic mass is 19.1. The van der Waals surface area contributed by atoms with Crippen LogP contribution >= 0.6 is 0 Å². The lowest BCUT2D eigenvalue weighted by molar-refractivity contribution is 0.102. The van der Waals surface area contributed by atoms with E-state index in [2.05, 4.69) is 15.3 Å². The fourth-order valence-corrected chi connectivity index (χ4v) is 4.20. The molecule has 5 rings (SSSR count). The molecule has 39 heavy (non-hydrogen) atoms. The van der Waals surface area contributed by atoms with Crippen molar-refractivity contribution in [2.24, 2.45) is 7.05 Å². The van der Waals surface area contributed by atoms with E-state index in [1.54, 1.807) is 19.2 Å². The fraction of sp³-hybridized carbons (Fsp3) is 0.103. The standard InChI is InChI=1S/C29H22F2N4O4/c1-16-3-9-22-27(33-16)25(11-12-32-22)39-24-10-8-19(13-21(24)31)34-29(38)20-14-35(2)23(15-36)26(28(20)37)17-4-6-18(30)7-5-17/h3-14,36H,15H2,1-2H3,(H,34,38). The predicted molar refractivity (Wildman–Crippen MR) is 142 cm³/mol. The second-order valence-corrected chi connectivity index (χ2v) is 8.80. The first-order valence-electron chi connectivity index (χ1n) is 11.9. The summed E-state index contributed by atoms with van der Waals surface area (Å²) in [5, 5.41) is 12.4. The number of aliphatic hydroxyl groups excluding tert-OH is 1. The summed E-state index contributed by atoms with van der Waals surface area (Å²) in [6.07, 6.45) is 2.82. The zero-order chi connectivity index (χ0) is 27.7. The van der Waals surface area contributed by atoms with E-state index < -0.39 is 29.6 Å². The van der Waals surface area contributed by atoms with Crippen LogP contribution < -0.4 is 15.5 Å². The van der Waals surface area contributed by atoms with Crippen LogP contribution in [-0.4, -0.2) is 25.5 Å². The van der Waals surface area contributed by atoms with Gasteiger partial charge < -0.3 is 19.7 Å². The third-order valence-corrected chi connectivity index (χ3v) is 6.13. The number of aromatic nitrogens is 3. The van der Waals surface area contributed by atoms with Gasteiger partial charge in [-0.2, -0.15) is 0 Å². The topological polar surface area (TPSA) is 106 Å². The van der Waals surface area contributed by atoms with Crippen LogP contribution in [0.4, 0.5) is 14.5 Å². The Labute approximate surface area is 221 Å². The normalized spacial score (nSPS) is 11.0. The molecule has 0 atom stereocenters. The summed E-state index contributed by atoms with van der Waals surface area (Å²) in [4.78, 5) is 35.0. The highest BCUT2D eigenvalue weighted by Gasteiger charge is 2.21. The van der Waals surface area contributed by atoms with Crippen molar-refractivity contribution in [1.82, 2.24) is 14.5 Å². The summed E-state index contributed by atoms with van der Waals surface area (Å²) in [5.74, 6) is -1.80. The van der Waals surface area contributed by atoms with E-state index in [-0.39, 0.29) is 28.3 Å². The molecule has 0 aliphatic carbocycles. The molecule has 5 aromatic rings. The monoisotopic (exact) mass is 528 g/mol. The van der Waals surface area contributed by atoms with Crippen molar-refractivity contribution in [3.63, 3.8) is 0 Å². The molecule has 3 heterocycles. The largest absolute Gasteiger partial charge is 0.452 e. The number of hydrogen-bond acceptors (Lipinski definition) is 6. The third kappa shape index (κ3) is 5.10. The lowest BCUT2D eigenvalue weighted by Gasteiger charge is -2.15. The molecule has 0 aliphatic heterocycles. The minimum Gasteiger partial charge on any atom is -0.452 e. The van der Waals surface area contributed by atoms with Gasteiger partial charge in [0.2, 0.25) is 5.43 Å². The van der Waals surface area contributed by atoms with E-state index in [0.29, 0.717) is 22.3 Å². The number of fused-ring (bicyclic) bond motifs is 1. The van der Waals surface area contributed by atoms with Gasteiger partial charge in [-0.15, -0.1) is 0 Å². The number of pyridine rings is 3. The SMILES string of the molecule is Cc1ccc2nccc(Oc3ccc(NC(=O)c4cn(C)c(CO)c(-c5ccc(F)cc5)c4=O)cc3F)c2n1. The predicted octanol–water partition coefficient (Wildman–Crippen LogP) is 5.12. The maximum atomic E-state index is 15.0. The highest BCUT2D eigenvalue weighted by Crippen LogP contribution is 2.31. The van der Waals surface area contributed by atoms with Gasteiger partial charge in [-0.1, -0.05) is 12.1 Å². The molecule has 0 bridgehead atoms. The van der Waals surface area contributed by atoms with Gasteiger partial charge in [0, 0.05) is 43.0 Å². The summed E-state index contributed by atoms with van der Waals surface area (Å²) in [6.45, 7) is 1.34. The van der Waals surface area contributed by atoms with Crippen LogP contribution in [0.3, 0.4) is 0 Å². The minimum atomic E-state index is -0.781. The minimum absolute atomic E-state index is 0.0657. The van der Waals surface area contributed by atoms with Crippen LogP contribution in [-0.2, 0) is 13.7 Å². The maximum Gasteiger partial charge on any atom is 0.261 e. The van der Waals surface area contributed by atoms with Crippen LogP contribution in [0, 0.1) is 18.6 Å². The van der Waals surface area contributed by atoms with E-state index in [4.69, 9.17) is 4.74 Å². The number of hydrogen-bond donors (Lipinski definition) is 2. The van der Waals surface area contributed by atoms with Gasteiger partial charge in [-0.05, 0) is 48.9 Å². The summed E-state index contributed by atoms with van der Waals surface area (Å²) in [6, 6.07) is 14.2. The van der Waals surface area contributed by atoms with Gasteiger partial charge in [0.15, 0.2) is 17.3 Å². The van der Waals surface area contributed by atoms with E-state index in [0.717, 1.165) is 11.8 Å². The first-order chi connectivity index (χ1) is 18.7. The van der Waals surface area contributed by atoms with Gasteiger partial charge in [0.25, 0.3) is 5.91 Å². The number of halogens is 2. The molecule has 10 heteroatoms. The smallest absolute Gasteiger partial charge is 0.261 e. The van der Waals surface area contributed by atoms with Crippen LogP contribution in [0.25, 0.3) is 22.2 Å². The molecular weight excluding hydrogens is 506 g/mol. The second-order valence-electron chi connectivity index (χ2n) is 8.80. The number of aliphatic hydroxyl groups is 1. The third-order valence-electron chi connectivity index (χ3n) is 6.13. The average molecular weight is 529 g/mol. The molecule has 3 aromatic heterocycles. The molecular formula is C29H22F2N4O4. The Morgan fingerprint density at radius 1 is 1.05 bits per heavy atom. The highest BCUT2D eigenvalue weighted by molar-refractivity contribution is 6.04. The number of aryl methyl sites for hydroxylation is 2. The quantitative estimate of drug-likeness (QED) is 0.317. The van der Waals surface area contributed by atoms with Crippen molar-refractivity contribution in [3.05, 3.63) is 112 Å². The number of carbonyl (C=O) groups excluding carboxylic acids is 1. The van der Waals surface area contributed by atoms with Gasteiger partial charge >= 0.3 is 0 Å². The number of amides is 1. The molecule has 0 saturated heterocycles. The molecule has 0 fully saturated rings. The molecule has 0 radical (unpaired) electrons. The van der Waals surface area contributed by atoms with E-state index in [1.165, 1.54) is 53.4 Å². The zero-order valence-corrected chi connectivity index (χ0v) is 20.9. The van der Waals surface area contributed by atoms with Gasteiger partial charge in [-0.3, -0.25) is 14.6 Å². The summed E-state index contributed by atoms with van der Waals surface area (Å²) >= 11 is 0. The molecule has 0 spiro atoms. The Balaban J connectivity index is 1.43. The maximum absolute atomic E-state index is 15.0. The zero-order valence-electron chi connectivity index (χ0n) is 20.9. The van der Waals surface area contributed by atoms with Crippen LogP contribution in [0.2, 0.25) is 0 Å². The molecule has 8 nitrogen and oxygen atoms in total. The van der Waals surface area contributed by atoms with Crippen molar-refractivity contribution in [2.75, 3.05) is 5.32 Å². The number of ether oxygens (including phenoxy) is 1. The number of carbonyl (C=O) groups is 1. The van der Waals surface area contributed by atoms with Gasteiger partial charge in [-0.25, -0.2) is 13.8 Å². The summed E-state index contributed by atoms with van der Waals surface area (Å²) in [5.41, 5.74) is 1.68. The number of nitrogens with zero attached hydrogens (tertiary/aromatic N) is 3. The van der Waals surface area contributed by atoms with Crippen LogP contribution in [0.1, 0.15) is 21.7 Å². The van der Waals surface area contributed by atoms with Crippen molar-refractivity contribution < 1.29 is 23.4 Å². The fourth-order valence-electron chi connectivity index (χ4n) is 4.20. The molecule has 2 aromatic carbocycles. The Morgan fingerprint density at radius 2 is 1.82 bits per heavy atom.